The van der Waals surface area contributed by atoms with Crippen LogP contribution in [-0.2, 0) is 20.7 Å². The van der Waals surface area contributed by atoms with E-state index in [1.807, 2.05) is 13.8 Å². The van der Waals surface area contributed by atoms with Crippen LogP contribution in [-0.4, -0.2) is 37.2 Å². The Morgan fingerprint density at radius 1 is 1.39 bits per heavy atom. The Balaban J connectivity index is 2.75. The van der Waals surface area contributed by atoms with Gasteiger partial charge in [0.05, 0.1) is 18.7 Å². The predicted molar refractivity (Wildman–Crippen MR) is 64.0 cm³/mol. The summed E-state index contributed by atoms with van der Waals surface area (Å²) in [6.45, 7) is 3.74. The zero-order valence-corrected chi connectivity index (χ0v) is 11.1. The third kappa shape index (κ3) is 3.96. The number of nitrogens with zero attached hydrogens (tertiary/aromatic N) is 2. The van der Waals surface area contributed by atoms with Crippen LogP contribution in [0.5, 0.6) is 5.88 Å². The van der Waals surface area contributed by atoms with E-state index < -0.39 is 5.41 Å². The monoisotopic (exact) mass is 254 g/mol. The van der Waals surface area contributed by atoms with E-state index in [2.05, 4.69) is 10.2 Å². The van der Waals surface area contributed by atoms with Gasteiger partial charge in [0, 0.05) is 13.2 Å². The summed E-state index contributed by atoms with van der Waals surface area (Å²) < 4.78 is 14.7. The van der Waals surface area contributed by atoms with Gasteiger partial charge in [-0.05, 0) is 25.8 Å². The van der Waals surface area contributed by atoms with Crippen molar-refractivity contribution in [3.8, 4) is 5.88 Å². The van der Waals surface area contributed by atoms with Crippen molar-refractivity contribution in [3.63, 3.8) is 0 Å². The molecule has 0 aliphatic rings. The van der Waals surface area contributed by atoms with Gasteiger partial charge in [0.2, 0.25) is 5.88 Å². The summed E-state index contributed by atoms with van der Waals surface area (Å²) in [6, 6.07) is 1.73. The molecule has 0 unspecified atom stereocenters. The van der Waals surface area contributed by atoms with E-state index in [1.165, 1.54) is 14.2 Å². The summed E-state index contributed by atoms with van der Waals surface area (Å²) in [4.78, 5) is 11.6. The first-order chi connectivity index (χ1) is 8.49. The van der Waals surface area contributed by atoms with E-state index in [0.717, 1.165) is 5.56 Å². The Morgan fingerprint density at radius 2 is 2.11 bits per heavy atom. The maximum absolute atomic E-state index is 11.6. The van der Waals surface area contributed by atoms with Crippen LogP contribution in [0.3, 0.4) is 0 Å². The second-order valence-electron chi connectivity index (χ2n) is 4.51. The number of ether oxygens (including phenoxy) is 3. The number of carbonyl (C=O) groups excluding carboxylic acids is 1. The zero-order valence-electron chi connectivity index (χ0n) is 11.1. The maximum atomic E-state index is 11.6. The van der Waals surface area contributed by atoms with Gasteiger partial charge >= 0.3 is 5.97 Å². The van der Waals surface area contributed by atoms with Gasteiger partial charge in [0.1, 0.15) is 0 Å². The summed E-state index contributed by atoms with van der Waals surface area (Å²) in [7, 11) is 2.90. The molecular formula is C12H18N2O4. The second-order valence-corrected chi connectivity index (χ2v) is 4.51. The van der Waals surface area contributed by atoms with Gasteiger partial charge in [-0.25, -0.2) is 0 Å². The predicted octanol–water partition coefficient (Wildman–Crippen LogP) is 1.20. The van der Waals surface area contributed by atoms with Gasteiger partial charge < -0.3 is 14.2 Å². The van der Waals surface area contributed by atoms with Gasteiger partial charge in [0.15, 0.2) is 6.79 Å². The third-order valence-electron chi connectivity index (χ3n) is 2.40. The maximum Gasteiger partial charge on any atom is 0.311 e. The van der Waals surface area contributed by atoms with Crippen LogP contribution in [0.4, 0.5) is 0 Å². The molecule has 0 aliphatic carbocycles. The van der Waals surface area contributed by atoms with Gasteiger partial charge in [-0.3, -0.25) is 4.79 Å². The number of hydrogen-bond acceptors (Lipinski definition) is 6. The first-order valence-corrected chi connectivity index (χ1v) is 5.51. The second kappa shape index (κ2) is 6.30. The molecular weight excluding hydrogens is 236 g/mol. The lowest BCUT2D eigenvalue weighted by molar-refractivity contribution is -0.150. The van der Waals surface area contributed by atoms with E-state index in [-0.39, 0.29) is 12.8 Å². The molecule has 0 saturated heterocycles. The highest BCUT2D eigenvalue weighted by Gasteiger charge is 2.29. The van der Waals surface area contributed by atoms with Crippen molar-refractivity contribution in [2.45, 2.75) is 20.3 Å². The topological polar surface area (TPSA) is 70.5 Å². The number of methoxy groups -OCH3 is 2. The highest BCUT2D eigenvalue weighted by atomic mass is 16.7. The number of carbonyl (C=O) groups is 1. The minimum atomic E-state index is -0.615. The van der Waals surface area contributed by atoms with Crippen molar-refractivity contribution in [3.05, 3.63) is 17.8 Å². The van der Waals surface area contributed by atoms with Crippen molar-refractivity contribution in [1.29, 1.82) is 0 Å². The molecule has 1 aromatic heterocycles. The average molecular weight is 254 g/mol. The molecule has 6 nitrogen and oxygen atoms in total. The van der Waals surface area contributed by atoms with E-state index in [9.17, 15) is 4.79 Å². The van der Waals surface area contributed by atoms with Gasteiger partial charge in [-0.15, -0.1) is 5.10 Å². The standard InChI is InChI=1S/C12H18N2O4/c1-12(2,11(15)17-4)6-9-5-10(14-13-7-9)18-8-16-3/h5,7H,6,8H2,1-4H3. The Bertz CT molecular complexity index is 407. The molecule has 0 amide bonds. The zero-order chi connectivity index (χ0) is 13.6. The largest absolute Gasteiger partial charge is 0.469 e. The van der Waals surface area contributed by atoms with Crippen molar-refractivity contribution in [1.82, 2.24) is 10.2 Å². The normalized spacial score (nSPS) is 11.1. The van der Waals surface area contributed by atoms with E-state index in [4.69, 9.17) is 14.2 Å². The van der Waals surface area contributed by atoms with Crippen LogP contribution in [0.25, 0.3) is 0 Å². The average Bonchev–Trinajstić information content (AvgIpc) is 2.35. The fraction of sp³-hybridized carbons (Fsp3) is 0.583. The number of hydrogen-bond donors (Lipinski definition) is 0. The van der Waals surface area contributed by atoms with Crippen molar-refractivity contribution in [2.24, 2.45) is 5.41 Å². The molecule has 6 heteroatoms. The Labute approximate surface area is 106 Å². The Morgan fingerprint density at radius 3 is 2.72 bits per heavy atom. The minimum absolute atomic E-state index is 0.110. The molecule has 1 heterocycles. The molecule has 0 bridgehead atoms. The lowest BCUT2D eigenvalue weighted by atomic mass is 9.86. The molecule has 0 saturated carbocycles. The molecule has 0 N–H and O–H groups in total. The summed E-state index contributed by atoms with van der Waals surface area (Å²) in [6.07, 6.45) is 2.10. The molecule has 1 rings (SSSR count). The first kappa shape index (κ1) is 14.4. The lowest BCUT2D eigenvalue weighted by Gasteiger charge is -2.21. The first-order valence-electron chi connectivity index (χ1n) is 5.51. The molecule has 0 aliphatic heterocycles. The molecule has 0 radical (unpaired) electrons. The fourth-order valence-electron chi connectivity index (χ4n) is 1.53. The van der Waals surface area contributed by atoms with Crippen LogP contribution >= 0.6 is 0 Å². The van der Waals surface area contributed by atoms with Crippen molar-refractivity contribution >= 4 is 5.97 Å². The molecule has 0 spiro atoms. The molecule has 18 heavy (non-hydrogen) atoms. The number of rotatable bonds is 6. The van der Waals surface area contributed by atoms with E-state index >= 15 is 0 Å². The van der Waals surface area contributed by atoms with Crippen molar-refractivity contribution in [2.75, 3.05) is 21.0 Å². The lowest BCUT2D eigenvalue weighted by Crippen LogP contribution is -2.28. The summed E-state index contributed by atoms with van der Waals surface area (Å²) in [5.41, 5.74) is 0.238. The van der Waals surface area contributed by atoms with Crippen LogP contribution in [0, 0.1) is 5.41 Å². The summed E-state index contributed by atoms with van der Waals surface area (Å²) >= 11 is 0. The smallest absolute Gasteiger partial charge is 0.311 e. The fourth-order valence-corrected chi connectivity index (χ4v) is 1.53. The van der Waals surface area contributed by atoms with E-state index in [1.54, 1.807) is 12.3 Å². The molecule has 100 valence electrons. The molecule has 1 aromatic rings. The Hall–Kier alpha value is -1.69. The van der Waals surface area contributed by atoms with Crippen LogP contribution in [0.15, 0.2) is 12.3 Å². The summed E-state index contributed by atoms with van der Waals surface area (Å²) in [5, 5.41) is 7.63. The van der Waals surface area contributed by atoms with Gasteiger partial charge in [-0.1, -0.05) is 0 Å². The number of aromatic nitrogens is 2. The highest BCUT2D eigenvalue weighted by Crippen LogP contribution is 2.24. The minimum Gasteiger partial charge on any atom is -0.469 e. The highest BCUT2D eigenvalue weighted by molar-refractivity contribution is 5.76. The number of esters is 1. The third-order valence-corrected chi connectivity index (χ3v) is 2.40. The molecule has 0 fully saturated rings. The molecule has 0 aromatic carbocycles. The van der Waals surface area contributed by atoms with Crippen molar-refractivity contribution < 1.29 is 19.0 Å². The van der Waals surface area contributed by atoms with Crippen LogP contribution in [0.1, 0.15) is 19.4 Å². The van der Waals surface area contributed by atoms with Gasteiger partial charge in [-0.2, -0.15) is 5.10 Å². The summed E-state index contributed by atoms with van der Waals surface area (Å²) in [5.74, 6) is 0.105. The SMILES string of the molecule is COCOc1cc(CC(C)(C)C(=O)OC)cnn1. The van der Waals surface area contributed by atoms with Crippen LogP contribution in [0.2, 0.25) is 0 Å². The quantitative estimate of drug-likeness (QED) is 0.561. The van der Waals surface area contributed by atoms with E-state index in [0.29, 0.717) is 12.3 Å². The molecule has 0 atom stereocenters. The van der Waals surface area contributed by atoms with Gasteiger partial charge in [0.25, 0.3) is 0 Å². The van der Waals surface area contributed by atoms with Crippen LogP contribution < -0.4 is 4.74 Å². The Kier molecular flexibility index (Phi) is 5.03.